The highest BCUT2D eigenvalue weighted by molar-refractivity contribution is 6.09. The first-order valence-electron chi connectivity index (χ1n) is 10.8. The van der Waals surface area contributed by atoms with Crippen molar-refractivity contribution in [1.82, 2.24) is 14.8 Å². The van der Waals surface area contributed by atoms with Crippen LogP contribution in [0.2, 0.25) is 0 Å². The van der Waals surface area contributed by atoms with Gasteiger partial charge >= 0.3 is 0 Å². The van der Waals surface area contributed by atoms with Crippen LogP contribution in [0.1, 0.15) is 49.4 Å². The van der Waals surface area contributed by atoms with Crippen molar-refractivity contribution in [2.45, 2.75) is 45.1 Å². The molecule has 4 rings (SSSR count). The first-order chi connectivity index (χ1) is 13.7. The summed E-state index contributed by atoms with van der Waals surface area (Å²) in [5.74, 6) is 1.13. The second-order valence-corrected chi connectivity index (χ2v) is 8.17. The lowest BCUT2D eigenvalue weighted by Gasteiger charge is -2.35. The van der Waals surface area contributed by atoms with Crippen molar-refractivity contribution >= 4 is 22.5 Å². The molecule has 2 fully saturated rings. The van der Waals surface area contributed by atoms with E-state index in [-0.39, 0.29) is 5.91 Å². The van der Waals surface area contributed by atoms with E-state index in [4.69, 9.17) is 4.98 Å². The first-order valence-corrected chi connectivity index (χ1v) is 10.8. The topological polar surface area (TPSA) is 39.7 Å². The summed E-state index contributed by atoms with van der Waals surface area (Å²) >= 11 is 0. The number of amides is 1. The predicted molar refractivity (Wildman–Crippen MR) is 115 cm³/mol. The molecule has 5 heteroatoms. The Bertz CT molecular complexity index is 822. The molecule has 1 aromatic carbocycles. The molecule has 2 heterocycles. The fraction of sp³-hybridized carbons (Fsp3) is 0.565. The molecule has 0 N–H and O–H groups in total. The maximum absolute atomic E-state index is 13.3. The molecule has 2 aliphatic rings. The first kappa shape index (κ1) is 19.2. The van der Waals surface area contributed by atoms with Gasteiger partial charge in [-0.1, -0.05) is 50.5 Å². The van der Waals surface area contributed by atoms with E-state index >= 15 is 0 Å². The van der Waals surface area contributed by atoms with Gasteiger partial charge in [0.15, 0.2) is 0 Å². The van der Waals surface area contributed by atoms with Crippen LogP contribution in [-0.2, 0) is 0 Å². The molecule has 1 aliphatic heterocycles. The summed E-state index contributed by atoms with van der Waals surface area (Å²) in [7, 11) is 1.96. The second kappa shape index (κ2) is 8.48. The highest BCUT2D eigenvalue weighted by Gasteiger charge is 2.26. The number of anilines is 1. The van der Waals surface area contributed by atoms with Gasteiger partial charge in [0.05, 0.1) is 5.56 Å². The van der Waals surface area contributed by atoms with Gasteiger partial charge in [-0.3, -0.25) is 4.79 Å². The summed E-state index contributed by atoms with van der Waals surface area (Å²) in [6.45, 7) is 7.42. The number of hydrogen-bond donors (Lipinski definition) is 0. The lowest BCUT2D eigenvalue weighted by molar-refractivity contribution is 0.0698. The molecule has 1 aliphatic carbocycles. The molecular weight excluding hydrogens is 348 g/mol. The number of piperazine rings is 1. The van der Waals surface area contributed by atoms with Crippen molar-refractivity contribution in [2.75, 3.05) is 44.7 Å². The van der Waals surface area contributed by atoms with Gasteiger partial charge in [0.2, 0.25) is 0 Å². The van der Waals surface area contributed by atoms with Gasteiger partial charge in [-0.2, -0.15) is 0 Å². The molecule has 0 radical (unpaired) electrons. The quantitative estimate of drug-likeness (QED) is 0.809. The van der Waals surface area contributed by atoms with Gasteiger partial charge in [-0.05, 0) is 24.8 Å². The Morgan fingerprint density at radius 2 is 1.75 bits per heavy atom. The summed E-state index contributed by atoms with van der Waals surface area (Å²) in [4.78, 5) is 24.9. The highest BCUT2D eigenvalue weighted by atomic mass is 16.2. The smallest absolute Gasteiger partial charge is 0.256 e. The van der Waals surface area contributed by atoms with Crippen molar-refractivity contribution in [3.63, 3.8) is 0 Å². The average Bonchev–Trinajstić information content (AvgIpc) is 2.78. The zero-order valence-electron chi connectivity index (χ0n) is 17.2. The van der Waals surface area contributed by atoms with Crippen molar-refractivity contribution < 1.29 is 4.79 Å². The van der Waals surface area contributed by atoms with E-state index in [9.17, 15) is 4.79 Å². The summed E-state index contributed by atoms with van der Waals surface area (Å²) < 4.78 is 0. The zero-order chi connectivity index (χ0) is 19.5. The monoisotopic (exact) mass is 380 g/mol. The van der Waals surface area contributed by atoms with Gasteiger partial charge in [0.1, 0.15) is 5.82 Å². The molecule has 2 aromatic rings. The number of benzene rings is 1. The third-order valence-corrected chi connectivity index (χ3v) is 6.57. The lowest BCUT2D eigenvalue weighted by atomic mass is 9.94. The summed E-state index contributed by atoms with van der Waals surface area (Å²) in [5, 5.41) is 2.12. The summed E-state index contributed by atoms with van der Waals surface area (Å²) in [6.07, 6.45) is 7.79. The van der Waals surface area contributed by atoms with Crippen LogP contribution in [0.5, 0.6) is 0 Å². The van der Waals surface area contributed by atoms with Crippen LogP contribution in [0.4, 0.5) is 5.82 Å². The summed E-state index contributed by atoms with van der Waals surface area (Å²) in [6, 6.07) is 8.63. The Labute approximate surface area is 168 Å². The van der Waals surface area contributed by atoms with Crippen LogP contribution >= 0.6 is 0 Å². The number of fused-ring (bicyclic) bond motifs is 1. The van der Waals surface area contributed by atoms with Gasteiger partial charge in [0, 0.05) is 50.9 Å². The molecular formula is C23H32N4O. The maximum atomic E-state index is 13.3. The van der Waals surface area contributed by atoms with Crippen molar-refractivity contribution in [3.8, 4) is 0 Å². The zero-order valence-corrected chi connectivity index (χ0v) is 17.2. The van der Waals surface area contributed by atoms with Crippen LogP contribution in [-0.4, -0.2) is 66.5 Å². The largest absolute Gasteiger partial charge is 0.354 e. The fourth-order valence-electron chi connectivity index (χ4n) is 4.70. The third kappa shape index (κ3) is 3.72. The van der Waals surface area contributed by atoms with E-state index < -0.39 is 0 Å². The lowest BCUT2D eigenvalue weighted by Crippen LogP contribution is -2.46. The molecule has 1 aromatic heterocycles. The average molecular weight is 381 g/mol. The minimum atomic E-state index is 0.109. The Balaban J connectivity index is 1.63. The normalized spacial score (nSPS) is 19.1. The molecule has 0 spiro atoms. The van der Waals surface area contributed by atoms with Crippen LogP contribution in [0.15, 0.2) is 30.5 Å². The van der Waals surface area contributed by atoms with Crippen LogP contribution in [0, 0.1) is 0 Å². The fourth-order valence-corrected chi connectivity index (χ4v) is 4.70. The Morgan fingerprint density at radius 1 is 1.07 bits per heavy atom. The van der Waals surface area contributed by atoms with Crippen molar-refractivity contribution in [3.05, 3.63) is 36.0 Å². The van der Waals surface area contributed by atoms with E-state index in [0.29, 0.717) is 6.04 Å². The molecule has 5 nitrogen and oxygen atoms in total. The number of hydrogen-bond acceptors (Lipinski definition) is 4. The predicted octanol–water partition coefficient (Wildman–Crippen LogP) is 3.78. The highest BCUT2D eigenvalue weighted by Crippen LogP contribution is 2.30. The van der Waals surface area contributed by atoms with Gasteiger partial charge in [-0.25, -0.2) is 4.98 Å². The number of likely N-dealkylation sites (N-methyl/N-ethyl adjacent to an activating group) is 1. The Morgan fingerprint density at radius 3 is 2.43 bits per heavy atom. The van der Waals surface area contributed by atoms with Crippen molar-refractivity contribution in [2.24, 2.45) is 0 Å². The van der Waals surface area contributed by atoms with Gasteiger partial charge in [0.25, 0.3) is 5.91 Å². The number of nitrogens with zero attached hydrogens (tertiary/aromatic N) is 4. The van der Waals surface area contributed by atoms with E-state index in [1.54, 1.807) is 0 Å². The molecule has 0 atom stereocenters. The Hall–Kier alpha value is -2.14. The molecule has 0 bridgehead atoms. The third-order valence-electron chi connectivity index (χ3n) is 6.57. The van der Waals surface area contributed by atoms with Crippen molar-refractivity contribution in [1.29, 1.82) is 0 Å². The maximum Gasteiger partial charge on any atom is 0.256 e. The number of aromatic nitrogens is 1. The molecule has 1 amide bonds. The molecule has 0 unspecified atom stereocenters. The second-order valence-electron chi connectivity index (χ2n) is 8.17. The van der Waals surface area contributed by atoms with Gasteiger partial charge in [-0.15, -0.1) is 0 Å². The number of carbonyl (C=O) groups is 1. The standard InChI is InChI=1S/C23H32N4O/c1-3-26-13-15-27(16-14-26)22-20-12-8-7-11-19(20)21(17-24-22)23(28)25(2)18-9-5-4-6-10-18/h7-8,11-12,17-18H,3-6,9-10,13-16H2,1-2H3. The van der Waals surface area contributed by atoms with E-state index in [1.807, 2.05) is 24.2 Å². The van der Waals surface area contributed by atoms with Crippen LogP contribution < -0.4 is 4.90 Å². The number of carbonyl (C=O) groups excluding carboxylic acids is 1. The molecule has 1 saturated heterocycles. The minimum absolute atomic E-state index is 0.109. The van der Waals surface area contributed by atoms with Gasteiger partial charge < -0.3 is 14.7 Å². The van der Waals surface area contributed by atoms with Crippen LogP contribution in [0.3, 0.4) is 0 Å². The van der Waals surface area contributed by atoms with E-state index in [0.717, 1.165) is 67.7 Å². The molecule has 1 saturated carbocycles. The number of rotatable bonds is 4. The van der Waals surface area contributed by atoms with E-state index in [2.05, 4.69) is 34.9 Å². The minimum Gasteiger partial charge on any atom is -0.354 e. The molecule has 28 heavy (non-hydrogen) atoms. The summed E-state index contributed by atoms with van der Waals surface area (Å²) in [5.41, 5.74) is 0.736. The van der Waals surface area contributed by atoms with Crippen LogP contribution in [0.25, 0.3) is 10.8 Å². The van der Waals surface area contributed by atoms with E-state index in [1.165, 1.54) is 19.3 Å². The SMILES string of the molecule is CCN1CCN(c2ncc(C(=O)N(C)C3CCCCC3)c3ccccc23)CC1. The molecule has 150 valence electrons. The number of pyridine rings is 1. The Kier molecular flexibility index (Phi) is 5.81.